The van der Waals surface area contributed by atoms with Crippen molar-refractivity contribution in [3.05, 3.63) is 59.6 Å². The molecule has 2 aromatic carbocycles. The van der Waals surface area contributed by atoms with Crippen molar-refractivity contribution >= 4 is 38.4 Å². The molecule has 0 radical (unpaired) electrons. The highest BCUT2D eigenvalue weighted by Gasteiger charge is 2.48. The number of nitrogens with zero attached hydrogens (tertiary/aromatic N) is 3. The number of anilines is 1. The van der Waals surface area contributed by atoms with Gasteiger partial charge in [-0.3, -0.25) is 9.29 Å². The molecule has 0 aliphatic carbocycles. The van der Waals surface area contributed by atoms with Crippen LogP contribution in [0.25, 0.3) is 33.5 Å². The van der Waals surface area contributed by atoms with Crippen molar-refractivity contribution < 1.29 is 23.5 Å². The molecule has 4 heterocycles. The Morgan fingerprint density at radius 3 is 2.37 bits per heavy atom. The summed E-state index contributed by atoms with van der Waals surface area (Å²) >= 11 is 6.58. The van der Waals surface area contributed by atoms with Crippen molar-refractivity contribution in [1.29, 1.82) is 4.78 Å². The number of hydrogen-bond donors (Lipinski definition) is 3. The molecule has 2 aliphatic heterocycles. The first-order valence-corrected chi connectivity index (χ1v) is 14.3. The van der Waals surface area contributed by atoms with Crippen molar-refractivity contribution in [1.82, 2.24) is 15.0 Å². The Hall–Kier alpha value is -3.22. The van der Waals surface area contributed by atoms with Gasteiger partial charge < -0.3 is 19.3 Å². The summed E-state index contributed by atoms with van der Waals surface area (Å²) in [6.45, 7) is 0.531. The van der Waals surface area contributed by atoms with E-state index in [4.69, 9.17) is 35.6 Å². The van der Waals surface area contributed by atoms with E-state index in [0.29, 0.717) is 34.2 Å². The second-order valence-electron chi connectivity index (χ2n) is 9.47. The molecule has 2 saturated heterocycles. The lowest BCUT2D eigenvalue weighted by Crippen LogP contribution is -2.34. The molecule has 4 aromatic rings. The van der Waals surface area contributed by atoms with Crippen LogP contribution >= 0.6 is 11.6 Å². The topological polar surface area (TPSA) is 134 Å². The van der Waals surface area contributed by atoms with E-state index in [1.165, 1.54) is 10.6 Å². The Balaban J connectivity index is 1.21. The normalized spacial score (nSPS) is 24.3. The number of aromatic nitrogens is 3. The first-order chi connectivity index (χ1) is 18.2. The molecule has 198 valence electrons. The fourth-order valence-corrected chi connectivity index (χ4v) is 5.51. The summed E-state index contributed by atoms with van der Waals surface area (Å²) in [6, 6.07) is 17.5. The van der Waals surface area contributed by atoms with Gasteiger partial charge in [0.05, 0.1) is 23.9 Å². The Morgan fingerprint density at radius 1 is 1.05 bits per heavy atom. The molecule has 6 rings (SSSR count). The summed E-state index contributed by atoms with van der Waals surface area (Å²) in [5, 5.41) is 10.4. The van der Waals surface area contributed by atoms with Crippen LogP contribution in [0.3, 0.4) is 0 Å². The number of aromatic amines is 1. The lowest BCUT2D eigenvalue weighted by atomic mass is 10.0. The van der Waals surface area contributed by atoms with Crippen LogP contribution < -0.4 is 9.04 Å². The van der Waals surface area contributed by atoms with E-state index in [1.807, 2.05) is 48.5 Å². The molecule has 3 N–H and O–H groups in total. The number of nitrogens with one attached hydrogen (secondary N) is 2. The maximum absolute atomic E-state index is 12.0. The zero-order chi connectivity index (χ0) is 26.6. The molecule has 10 nitrogen and oxygen atoms in total. The number of rotatable bonds is 6. The SMILES string of the molecule is CN(c1ccc(-c2ccc(-c3nc4[nH]c(O[C@@H]5CO[C@H]6[C@@H]5OC[C@H]6O)nc4cc3Cl)cc2)cc1)S(C)(=N)=O. The minimum atomic E-state index is -2.82. The van der Waals surface area contributed by atoms with E-state index in [9.17, 15) is 9.32 Å². The van der Waals surface area contributed by atoms with Gasteiger partial charge in [0.2, 0.25) is 0 Å². The summed E-state index contributed by atoms with van der Waals surface area (Å²) < 4.78 is 38.4. The maximum atomic E-state index is 12.0. The Morgan fingerprint density at radius 2 is 1.68 bits per heavy atom. The van der Waals surface area contributed by atoms with Crippen LogP contribution in [0.15, 0.2) is 54.6 Å². The first kappa shape index (κ1) is 25.1. The number of imidazole rings is 1. The van der Waals surface area contributed by atoms with Gasteiger partial charge >= 0.3 is 0 Å². The highest BCUT2D eigenvalue weighted by Crippen LogP contribution is 2.33. The van der Waals surface area contributed by atoms with Gasteiger partial charge in [0, 0.05) is 24.6 Å². The van der Waals surface area contributed by atoms with E-state index < -0.39 is 16.0 Å². The summed E-state index contributed by atoms with van der Waals surface area (Å²) in [6.07, 6.45) is -0.365. The van der Waals surface area contributed by atoms with E-state index in [2.05, 4.69) is 9.97 Å². The van der Waals surface area contributed by atoms with Crippen LogP contribution in [-0.2, 0) is 19.4 Å². The predicted octanol–water partition coefficient (Wildman–Crippen LogP) is 3.88. The van der Waals surface area contributed by atoms with Crippen LogP contribution in [0, 0.1) is 4.78 Å². The fraction of sp³-hybridized carbons (Fsp3) is 0.308. The van der Waals surface area contributed by atoms with Crippen LogP contribution in [-0.4, -0.2) is 75.2 Å². The standard InChI is InChI=1S/C26H26ClN5O5S/c1-32(38(2,28)34)17-9-7-15(8-10-17)14-3-5-16(6-4-14)22-18(27)11-19-25(30-22)31-26(29-19)37-21-13-36-23-20(33)12-35-24(21)23/h3-11,20-21,23-24,28,33H,12-13H2,1-2H3,(H,29,30,31)/t20-,21-,23-,24-,38?/m1/s1. The van der Waals surface area contributed by atoms with Crippen molar-refractivity contribution in [3.63, 3.8) is 0 Å². The minimum Gasteiger partial charge on any atom is -0.456 e. The molecule has 2 fully saturated rings. The van der Waals surface area contributed by atoms with Gasteiger partial charge in [0.25, 0.3) is 6.01 Å². The molecular weight excluding hydrogens is 530 g/mol. The number of benzene rings is 2. The minimum absolute atomic E-state index is 0.227. The van der Waals surface area contributed by atoms with Gasteiger partial charge in [0.1, 0.15) is 33.7 Å². The molecule has 0 saturated carbocycles. The molecule has 38 heavy (non-hydrogen) atoms. The first-order valence-electron chi connectivity index (χ1n) is 12.0. The van der Waals surface area contributed by atoms with Crippen LogP contribution in [0.1, 0.15) is 0 Å². The van der Waals surface area contributed by atoms with E-state index in [0.717, 1.165) is 16.7 Å². The van der Waals surface area contributed by atoms with Crippen LogP contribution in [0.4, 0.5) is 5.69 Å². The number of aliphatic hydroxyl groups excluding tert-OH is 1. The summed E-state index contributed by atoms with van der Waals surface area (Å²) in [4.78, 5) is 12.3. The van der Waals surface area contributed by atoms with E-state index in [1.54, 1.807) is 13.1 Å². The van der Waals surface area contributed by atoms with Crippen LogP contribution in [0.5, 0.6) is 6.01 Å². The highest BCUT2D eigenvalue weighted by molar-refractivity contribution is 7.93. The quantitative estimate of drug-likeness (QED) is 0.329. The molecule has 0 spiro atoms. The maximum Gasteiger partial charge on any atom is 0.296 e. The average Bonchev–Trinajstić information content (AvgIpc) is 3.59. The molecular formula is C26H26ClN5O5S. The van der Waals surface area contributed by atoms with Gasteiger partial charge in [-0.2, -0.15) is 4.98 Å². The molecule has 2 aliphatic rings. The molecule has 1 unspecified atom stereocenters. The van der Waals surface area contributed by atoms with Gasteiger partial charge in [-0.1, -0.05) is 48.0 Å². The highest BCUT2D eigenvalue weighted by atomic mass is 35.5. The molecule has 0 amide bonds. The van der Waals surface area contributed by atoms with Gasteiger partial charge in [-0.25, -0.2) is 14.0 Å². The third kappa shape index (κ3) is 4.61. The number of ether oxygens (including phenoxy) is 3. The fourth-order valence-electron chi connectivity index (χ4n) is 4.73. The Bertz CT molecular complexity index is 1590. The van der Waals surface area contributed by atoms with Crippen LogP contribution in [0.2, 0.25) is 5.02 Å². The molecule has 0 bridgehead atoms. The van der Waals surface area contributed by atoms with Crippen molar-refractivity contribution in [2.75, 3.05) is 30.8 Å². The van der Waals surface area contributed by atoms with Gasteiger partial charge in [-0.05, 0) is 29.3 Å². The summed E-state index contributed by atoms with van der Waals surface area (Å²) in [5.74, 6) is 0. The molecule has 2 aromatic heterocycles. The smallest absolute Gasteiger partial charge is 0.296 e. The monoisotopic (exact) mass is 555 g/mol. The molecule has 5 atom stereocenters. The predicted molar refractivity (Wildman–Crippen MR) is 145 cm³/mol. The number of aliphatic hydroxyl groups is 1. The zero-order valence-electron chi connectivity index (χ0n) is 20.6. The van der Waals surface area contributed by atoms with Crippen molar-refractivity contribution in [2.24, 2.45) is 0 Å². The number of fused-ring (bicyclic) bond motifs is 2. The average molecular weight is 556 g/mol. The number of pyridine rings is 1. The Labute approximate surface area is 224 Å². The van der Waals surface area contributed by atoms with Crippen molar-refractivity contribution in [3.8, 4) is 28.4 Å². The number of H-pyrrole nitrogens is 1. The molecule has 12 heteroatoms. The van der Waals surface area contributed by atoms with Gasteiger partial charge in [0.15, 0.2) is 11.8 Å². The summed E-state index contributed by atoms with van der Waals surface area (Å²) in [7, 11) is -1.17. The van der Waals surface area contributed by atoms with Crippen molar-refractivity contribution in [2.45, 2.75) is 24.4 Å². The lowest BCUT2D eigenvalue weighted by molar-refractivity contribution is 0.00706. The summed E-state index contributed by atoms with van der Waals surface area (Å²) in [5.41, 5.74) is 5.26. The third-order valence-corrected chi connectivity index (χ3v) is 8.44. The zero-order valence-corrected chi connectivity index (χ0v) is 22.2. The second-order valence-corrected chi connectivity index (χ2v) is 12.0. The van der Waals surface area contributed by atoms with E-state index in [-0.39, 0.29) is 30.9 Å². The largest absolute Gasteiger partial charge is 0.456 e. The third-order valence-electron chi connectivity index (χ3n) is 6.89. The second kappa shape index (κ2) is 9.51. The number of hydrogen-bond acceptors (Lipinski definition) is 8. The number of halogens is 1. The lowest BCUT2D eigenvalue weighted by Gasteiger charge is -2.19. The van der Waals surface area contributed by atoms with Gasteiger partial charge in [-0.15, -0.1) is 0 Å². The Kier molecular flexibility index (Phi) is 6.28. The van der Waals surface area contributed by atoms with E-state index >= 15 is 0 Å².